The smallest absolute Gasteiger partial charge is 0.410 e. The predicted molar refractivity (Wildman–Crippen MR) is 163 cm³/mol. The number of carbonyl (C=O) groups is 2. The number of carbonyl (C=O) groups excluding carboxylic acids is 2. The molecule has 2 amide bonds. The summed E-state index contributed by atoms with van der Waals surface area (Å²) in [6.45, 7) is 9.61. The van der Waals surface area contributed by atoms with Crippen LogP contribution in [0.2, 0.25) is 0 Å². The second-order valence-corrected chi connectivity index (χ2v) is 11.8. The fraction of sp³-hybridized carbons (Fsp3) is 0.312. The molecule has 0 atom stereocenters. The molecule has 0 unspecified atom stereocenters. The molecule has 0 fully saturated rings. The fourth-order valence-electron chi connectivity index (χ4n) is 4.73. The van der Waals surface area contributed by atoms with E-state index in [9.17, 15) is 23.6 Å². The van der Waals surface area contributed by atoms with Crippen molar-refractivity contribution in [2.75, 3.05) is 11.9 Å². The van der Waals surface area contributed by atoms with Crippen LogP contribution in [-0.2, 0) is 17.7 Å². The van der Waals surface area contributed by atoms with Crippen LogP contribution in [0.25, 0.3) is 5.69 Å². The van der Waals surface area contributed by atoms with Crippen LogP contribution in [0.5, 0.6) is 11.6 Å². The third kappa shape index (κ3) is 6.92. The van der Waals surface area contributed by atoms with Gasteiger partial charge in [0.05, 0.1) is 17.9 Å². The molecule has 4 aromatic rings. The number of aromatic nitrogens is 4. The monoisotopic (exact) mass is 616 g/mol. The van der Waals surface area contributed by atoms with E-state index in [1.807, 2.05) is 20.8 Å². The second-order valence-electron chi connectivity index (χ2n) is 11.8. The van der Waals surface area contributed by atoms with Crippen molar-refractivity contribution in [3.05, 3.63) is 105 Å². The lowest BCUT2D eigenvalue weighted by molar-refractivity contribution is 0.0219. The van der Waals surface area contributed by atoms with E-state index in [0.29, 0.717) is 36.0 Å². The Morgan fingerprint density at radius 1 is 1.00 bits per heavy atom. The maximum Gasteiger partial charge on any atom is 0.410 e. The third-order valence-corrected chi connectivity index (χ3v) is 6.95. The Kier molecular flexibility index (Phi) is 8.53. The first kappa shape index (κ1) is 31.1. The molecule has 0 saturated carbocycles. The molecular formula is C32H33FN6O6. The van der Waals surface area contributed by atoms with E-state index in [2.05, 4.69) is 15.3 Å². The Bertz CT molecular complexity index is 1860. The number of hydrogen-bond acceptors (Lipinski definition) is 8. The van der Waals surface area contributed by atoms with Gasteiger partial charge in [0.2, 0.25) is 5.88 Å². The van der Waals surface area contributed by atoms with Gasteiger partial charge in [0, 0.05) is 30.0 Å². The summed E-state index contributed by atoms with van der Waals surface area (Å²) >= 11 is 0. The normalized spacial score (nSPS) is 12.9. The van der Waals surface area contributed by atoms with Crippen LogP contribution < -0.4 is 21.3 Å². The minimum Gasteiger partial charge on any atom is -0.444 e. The summed E-state index contributed by atoms with van der Waals surface area (Å²) in [5.41, 5.74) is -0.391. The van der Waals surface area contributed by atoms with Gasteiger partial charge < -0.3 is 19.7 Å². The molecular weight excluding hydrogens is 583 g/mol. The molecule has 1 aliphatic heterocycles. The van der Waals surface area contributed by atoms with Gasteiger partial charge in [-0.15, -0.1) is 0 Å². The fourth-order valence-corrected chi connectivity index (χ4v) is 4.73. The maximum atomic E-state index is 13.5. The Morgan fingerprint density at radius 3 is 2.33 bits per heavy atom. The van der Waals surface area contributed by atoms with E-state index in [4.69, 9.17) is 9.47 Å². The molecule has 12 nitrogen and oxygen atoms in total. The first-order chi connectivity index (χ1) is 21.3. The van der Waals surface area contributed by atoms with Gasteiger partial charge in [-0.3, -0.25) is 14.2 Å². The SMILES string of the molecule is CC(C)n1cc(C(=O)Nc2ccc(Oc3ncnc4c3CCN(C(=O)OC(C)(C)C)C4)cc2)c(=O)n(-c2ccc(F)cc2)c1=O. The van der Waals surface area contributed by atoms with E-state index in [-0.39, 0.29) is 23.8 Å². The molecule has 5 rings (SSSR count). The quantitative estimate of drug-likeness (QED) is 0.325. The van der Waals surface area contributed by atoms with Crippen LogP contribution >= 0.6 is 0 Å². The molecule has 3 heterocycles. The van der Waals surface area contributed by atoms with Crippen LogP contribution in [0.4, 0.5) is 14.9 Å². The van der Waals surface area contributed by atoms with E-state index >= 15 is 0 Å². The first-order valence-electron chi connectivity index (χ1n) is 14.3. The summed E-state index contributed by atoms with van der Waals surface area (Å²) in [5.74, 6) is -0.450. The summed E-state index contributed by atoms with van der Waals surface area (Å²) in [6, 6.07) is 11.0. The van der Waals surface area contributed by atoms with Crippen molar-refractivity contribution in [1.82, 2.24) is 24.0 Å². The van der Waals surface area contributed by atoms with Gasteiger partial charge in [-0.25, -0.2) is 28.5 Å². The average molecular weight is 617 g/mol. The maximum absolute atomic E-state index is 13.5. The van der Waals surface area contributed by atoms with Crippen LogP contribution in [0, 0.1) is 5.82 Å². The molecule has 0 spiro atoms. The molecule has 2 aromatic carbocycles. The minimum atomic E-state index is -0.834. The second kappa shape index (κ2) is 12.3. The molecule has 2 aromatic heterocycles. The first-order valence-corrected chi connectivity index (χ1v) is 14.3. The number of nitrogens with one attached hydrogen (secondary N) is 1. The summed E-state index contributed by atoms with van der Waals surface area (Å²) in [7, 11) is 0. The van der Waals surface area contributed by atoms with Crippen LogP contribution in [0.1, 0.15) is 62.3 Å². The summed E-state index contributed by atoms with van der Waals surface area (Å²) in [5, 5.41) is 2.69. The van der Waals surface area contributed by atoms with Gasteiger partial charge in [0.25, 0.3) is 11.5 Å². The van der Waals surface area contributed by atoms with Gasteiger partial charge >= 0.3 is 11.8 Å². The molecule has 1 aliphatic rings. The molecule has 0 aliphatic carbocycles. The van der Waals surface area contributed by atoms with Crippen LogP contribution in [0.3, 0.4) is 0 Å². The molecule has 234 valence electrons. The zero-order valence-electron chi connectivity index (χ0n) is 25.5. The zero-order chi connectivity index (χ0) is 32.5. The van der Waals surface area contributed by atoms with E-state index in [0.717, 1.165) is 22.3 Å². The molecule has 0 bridgehead atoms. The van der Waals surface area contributed by atoms with Crippen molar-refractivity contribution in [1.29, 1.82) is 0 Å². The number of anilines is 1. The third-order valence-electron chi connectivity index (χ3n) is 6.95. The number of benzene rings is 2. The summed E-state index contributed by atoms with van der Waals surface area (Å²) in [4.78, 5) is 62.4. The van der Waals surface area contributed by atoms with Crippen molar-refractivity contribution < 1.29 is 23.5 Å². The number of nitrogens with zero attached hydrogens (tertiary/aromatic N) is 5. The lowest BCUT2D eigenvalue weighted by Crippen LogP contribution is -2.42. The summed E-state index contributed by atoms with van der Waals surface area (Å²) < 4.78 is 27.1. The van der Waals surface area contributed by atoms with E-state index in [1.165, 1.54) is 29.2 Å². The number of halogens is 1. The molecule has 45 heavy (non-hydrogen) atoms. The topological polar surface area (TPSA) is 138 Å². The number of fused-ring (bicyclic) bond motifs is 1. The lowest BCUT2D eigenvalue weighted by atomic mass is 10.1. The highest BCUT2D eigenvalue weighted by atomic mass is 19.1. The number of ether oxygens (including phenoxy) is 2. The zero-order valence-corrected chi connectivity index (χ0v) is 25.5. The Morgan fingerprint density at radius 2 is 1.69 bits per heavy atom. The van der Waals surface area contributed by atoms with Crippen LogP contribution in [0.15, 0.2) is 70.6 Å². The average Bonchev–Trinajstić information content (AvgIpc) is 2.98. The Labute approximate surface area is 258 Å². The number of rotatable bonds is 6. The van der Waals surface area contributed by atoms with E-state index < -0.39 is 34.7 Å². The van der Waals surface area contributed by atoms with Gasteiger partial charge in [-0.1, -0.05) is 0 Å². The van der Waals surface area contributed by atoms with Gasteiger partial charge in [-0.05, 0) is 89.6 Å². The van der Waals surface area contributed by atoms with Crippen LogP contribution in [-0.4, -0.2) is 48.1 Å². The lowest BCUT2D eigenvalue weighted by Gasteiger charge is -2.30. The highest BCUT2D eigenvalue weighted by Crippen LogP contribution is 2.29. The Hall–Kier alpha value is -5.33. The van der Waals surface area contributed by atoms with Crippen molar-refractivity contribution in [2.24, 2.45) is 0 Å². The van der Waals surface area contributed by atoms with E-state index in [1.54, 1.807) is 43.0 Å². The predicted octanol–water partition coefficient (Wildman–Crippen LogP) is 4.85. The number of amides is 2. The van der Waals surface area contributed by atoms with Crippen molar-refractivity contribution in [3.8, 4) is 17.3 Å². The largest absolute Gasteiger partial charge is 0.444 e. The molecule has 0 saturated heterocycles. The van der Waals surface area contributed by atoms with Gasteiger partial charge in [-0.2, -0.15) is 0 Å². The van der Waals surface area contributed by atoms with Gasteiger partial charge in [0.1, 0.15) is 29.1 Å². The highest BCUT2D eigenvalue weighted by Gasteiger charge is 2.28. The summed E-state index contributed by atoms with van der Waals surface area (Å²) in [6.07, 6.45) is 2.66. The molecule has 0 radical (unpaired) electrons. The molecule has 13 heteroatoms. The minimum absolute atomic E-state index is 0.140. The standard InChI is InChI=1S/C32H33FN6O6/c1-19(2)38-16-25(29(41)39(30(38)42)22-10-6-20(33)7-11-22)27(40)36-21-8-12-23(13-9-21)44-28-24-14-15-37(17-26(24)34-18-35-28)31(43)45-32(3,4)5/h6-13,16,18-19H,14-15,17H2,1-5H3,(H,36,40). The van der Waals surface area contributed by atoms with Crippen molar-refractivity contribution in [3.63, 3.8) is 0 Å². The Balaban J connectivity index is 1.33. The van der Waals surface area contributed by atoms with Gasteiger partial charge in [0.15, 0.2) is 0 Å². The van der Waals surface area contributed by atoms with Crippen molar-refractivity contribution >= 4 is 17.7 Å². The van der Waals surface area contributed by atoms with Crippen molar-refractivity contribution in [2.45, 2.75) is 59.2 Å². The molecule has 1 N–H and O–H groups in total. The number of hydrogen-bond donors (Lipinski definition) is 1. The highest BCUT2D eigenvalue weighted by molar-refractivity contribution is 6.03.